The molecule has 0 fully saturated rings. The molecule has 27 heavy (non-hydrogen) atoms. The Kier molecular flexibility index (Phi) is 5.93. The molecule has 1 N–H and O–H groups in total. The lowest BCUT2D eigenvalue weighted by Crippen LogP contribution is -2.22. The number of hydrogen-bond donors (Lipinski definition) is 1. The van der Waals surface area contributed by atoms with E-state index < -0.39 is 5.97 Å². The van der Waals surface area contributed by atoms with Gasteiger partial charge in [-0.1, -0.05) is 24.3 Å². The quantitative estimate of drug-likeness (QED) is 0.501. The van der Waals surface area contributed by atoms with E-state index in [1.807, 2.05) is 30.3 Å². The summed E-state index contributed by atoms with van der Waals surface area (Å²) < 4.78 is 5.11. The number of hydrogen-bond acceptors (Lipinski definition) is 6. The molecule has 7 heteroatoms. The van der Waals surface area contributed by atoms with E-state index in [0.29, 0.717) is 23.4 Å². The number of pyridine rings is 1. The number of esters is 1. The molecule has 3 aromatic rings. The number of amides is 1. The Hall–Kier alpha value is -3.06. The van der Waals surface area contributed by atoms with Crippen LogP contribution in [0.4, 0.5) is 0 Å². The number of fused-ring (bicyclic) bond motifs is 1. The lowest BCUT2D eigenvalue weighted by Gasteiger charge is -2.04. The molecule has 0 aliphatic heterocycles. The largest absolute Gasteiger partial charge is 0.453 e. The Bertz CT molecular complexity index is 996. The molecule has 0 aliphatic carbocycles. The Balaban J connectivity index is 1.55. The first kappa shape index (κ1) is 18.7. The van der Waals surface area contributed by atoms with Gasteiger partial charge in [0.2, 0.25) is 11.7 Å². The number of ether oxygens (including phenoxy) is 1. The highest BCUT2D eigenvalue weighted by molar-refractivity contribution is 7.14. The fraction of sp³-hybridized carbons (Fsp3) is 0.200. The summed E-state index contributed by atoms with van der Waals surface area (Å²) >= 11 is 1.33. The van der Waals surface area contributed by atoms with Gasteiger partial charge in [0.1, 0.15) is 5.69 Å². The SMILES string of the molecule is CC(=O)NCCc1ccc(C(=O)COC(=O)c2ccc3ccccc3n2)s1. The van der Waals surface area contributed by atoms with Gasteiger partial charge in [-0.25, -0.2) is 9.78 Å². The summed E-state index contributed by atoms with van der Waals surface area (Å²) in [5, 5.41) is 3.64. The molecule has 6 nitrogen and oxygen atoms in total. The number of thiophene rings is 1. The molecule has 0 radical (unpaired) electrons. The van der Waals surface area contributed by atoms with Crippen LogP contribution in [0.25, 0.3) is 10.9 Å². The number of benzene rings is 1. The molecule has 0 atom stereocenters. The van der Waals surface area contributed by atoms with Crippen molar-refractivity contribution in [1.29, 1.82) is 0 Å². The van der Waals surface area contributed by atoms with Crippen LogP contribution in [0.1, 0.15) is 32.0 Å². The highest BCUT2D eigenvalue weighted by Crippen LogP contribution is 2.18. The van der Waals surface area contributed by atoms with Crippen molar-refractivity contribution >= 4 is 39.9 Å². The van der Waals surface area contributed by atoms with E-state index in [1.165, 1.54) is 18.3 Å². The molecule has 0 saturated carbocycles. The van der Waals surface area contributed by atoms with Gasteiger partial charge in [0.05, 0.1) is 10.4 Å². The van der Waals surface area contributed by atoms with E-state index in [0.717, 1.165) is 10.3 Å². The predicted molar refractivity (Wildman–Crippen MR) is 103 cm³/mol. The second kappa shape index (κ2) is 8.55. The molecule has 138 valence electrons. The van der Waals surface area contributed by atoms with Gasteiger partial charge >= 0.3 is 5.97 Å². The van der Waals surface area contributed by atoms with Crippen LogP contribution < -0.4 is 5.32 Å². The van der Waals surface area contributed by atoms with Crippen LogP contribution in [0, 0.1) is 0 Å². The first-order chi connectivity index (χ1) is 13.0. The van der Waals surface area contributed by atoms with Crippen molar-refractivity contribution in [3.63, 3.8) is 0 Å². The zero-order valence-electron chi connectivity index (χ0n) is 14.7. The molecule has 3 rings (SSSR count). The molecular formula is C20H18N2O4S. The van der Waals surface area contributed by atoms with Crippen molar-refractivity contribution in [2.75, 3.05) is 13.2 Å². The smallest absolute Gasteiger partial charge is 0.357 e. The van der Waals surface area contributed by atoms with Crippen molar-refractivity contribution < 1.29 is 19.1 Å². The summed E-state index contributed by atoms with van der Waals surface area (Å²) in [6.45, 7) is 1.65. The average Bonchev–Trinajstić information content (AvgIpc) is 3.14. The van der Waals surface area contributed by atoms with Crippen LogP contribution in [-0.4, -0.2) is 35.8 Å². The number of aromatic nitrogens is 1. The van der Waals surface area contributed by atoms with Gasteiger partial charge in [-0.2, -0.15) is 0 Å². The van der Waals surface area contributed by atoms with Crippen molar-refractivity contribution in [3.05, 3.63) is 64.0 Å². The monoisotopic (exact) mass is 382 g/mol. The van der Waals surface area contributed by atoms with Crippen molar-refractivity contribution in [3.8, 4) is 0 Å². The fourth-order valence-corrected chi connectivity index (χ4v) is 3.41. The minimum Gasteiger partial charge on any atom is -0.453 e. The van der Waals surface area contributed by atoms with Gasteiger partial charge in [-0.3, -0.25) is 9.59 Å². The first-order valence-corrected chi connectivity index (χ1v) is 9.24. The fourth-order valence-electron chi connectivity index (χ4n) is 2.48. The standard InChI is InChI=1S/C20H18N2O4S/c1-13(23)21-11-10-15-7-9-19(27-15)18(24)12-26-20(25)17-8-6-14-4-2-3-5-16(14)22-17/h2-9H,10-12H2,1H3,(H,21,23). The van der Waals surface area contributed by atoms with E-state index in [1.54, 1.807) is 18.2 Å². The number of Topliss-reactive ketones (excluding diaryl/α,β-unsaturated/α-hetero) is 1. The molecular weight excluding hydrogens is 364 g/mol. The minimum absolute atomic E-state index is 0.0860. The summed E-state index contributed by atoms with van der Waals surface area (Å²) in [6, 6.07) is 14.4. The summed E-state index contributed by atoms with van der Waals surface area (Å²) in [7, 11) is 0. The van der Waals surface area contributed by atoms with Crippen molar-refractivity contribution in [2.24, 2.45) is 0 Å². The van der Waals surface area contributed by atoms with Gasteiger partial charge in [-0.15, -0.1) is 11.3 Å². The molecule has 0 bridgehead atoms. The maximum atomic E-state index is 12.2. The summed E-state index contributed by atoms with van der Waals surface area (Å²) in [4.78, 5) is 41.0. The van der Waals surface area contributed by atoms with E-state index >= 15 is 0 Å². The van der Waals surface area contributed by atoms with Crippen LogP contribution in [-0.2, 0) is 16.0 Å². The third-order valence-corrected chi connectivity index (χ3v) is 5.01. The van der Waals surface area contributed by atoms with Crippen LogP contribution in [0.3, 0.4) is 0 Å². The number of para-hydroxylation sites is 1. The number of ketones is 1. The van der Waals surface area contributed by atoms with Gasteiger partial charge < -0.3 is 10.1 Å². The van der Waals surface area contributed by atoms with Crippen molar-refractivity contribution in [2.45, 2.75) is 13.3 Å². The number of rotatable bonds is 7. The highest BCUT2D eigenvalue weighted by Gasteiger charge is 2.15. The minimum atomic E-state index is -0.628. The lowest BCUT2D eigenvalue weighted by atomic mass is 10.2. The molecule has 0 unspecified atom stereocenters. The number of carbonyl (C=O) groups excluding carboxylic acids is 3. The number of carbonyl (C=O) groups is 3. The van der Waals surface area contributed by atoms with Crippen LogP contribution in [0.5, 0.6) is 0 Å². The van der Waals surface area contributed by atoms with E-state index in [-0.39, 0.29) is 24.0 Å². The zero-order chi connectivity index (χ0) is 19.2. The van der Waals surface area contributed by atoms with Gasteiger partial charge in [0.25, 0.3) is 0 Å². The Morgan fingerprint density at radius 1 is 1.07 bits per heavy atom. The zero-order valence-corrected chi connectivity index (χ0v) is 15.5. The summed E-state index contributed by atoms with van der Waals surface area (Å²) in [5.41, 5.74) is 0.865. The maximum Gasteiger partial charge on any atom is 0.357 e. The maximum absolute atomic E-state index is 12.2. The lowest BCUT2D eigenvalue weighted by molar-refractivity contribution is -0.118. The molecule has 0 spiro atoms. The van der Waals surface area contributed by atoms with Gasteiger partial charge in [0.15, 0.2) is 6.61 Å². The molecule has 0 aliphatic rings. The molecule has 0 saturated heterocycles. The van der Waals surface area contributed by atoms with Crippen LogP contribution in [0.15, 0.2) is 48.5 Å². The van der Waals surface area contributed by atoms with E-state index in [9.17, 15) is 14.4 Å². The normalized spacial score (nSPS) is 10.6. The highest BCUT2D eigenvalue weighted by atomic mass is 32.1. The van der Waals surface area contributed by atoms with Crippen LogP contribution >= 0.6 is 11.3 Å². The van der Waals surface area contributed by atoms with E-state index in [4.69, 9.17) is 4.74 Å². The molecule has 1 aromatic carbocycles. The first-order valence-electron chi connectivity index (χ1n) is 8.42. The average molecular weight is 382 g/mol. The van der Waals surface area contributed by atoms with E-state index in [2.05, 4.69) is 10.3 Å². The second-order valence-corrected chi connectivity index (χ2v) is 7.06. The summed E-state index contributed by atoms with van der Waals surface area (Å²) in [5.74, 6) is -0.978. The van der Waals surface area contributed by atoms with Crippen molar-refractivity contribution in [1.82, 2.24) is 10.3 Å². The third-order valence-electron chi connectivity index (χ3n) is 3.82. The van der Waals surface area contributed by atoms with Gasteiger partial charge in [-0.05, 0) is 30.7 Å². The topological polar surface area (TPSA) is 85.4 Å². The number of nitrogens with one attached hydrogen (secondary N) is 1. The second-order valence-electron chi connectivity index (χ2n) is 5.89. The molecule has 2 aromatic heterocycles. The van der Waals surface area contributed by atoms with Gasteiger partial charge in [0, 0.05) is 23.7 Å². The number of nitrogens with zero attached hydrogens (tertiary/aromatic N) is 1. The Morgan fingerprint density at radius 2 is 1.89 bits per heavy atom. The Labute approximate surface area is 160 Å². The molecule has 1 amide bonds. The Morgan fingerprint density at radius 3 is 2.70 bits per heavy atom. The third kappa shape index (κ3) is 4.98. The van der Waals surface area contributed by atoms with Crippen LogP contribution in [0.2, 0.25) is 0 Å². The molecule has 2 heterocycles. The predicted octanol–water partition coefficient (Wildman–Crippen LogP) is 3.01. The summed E-state index contributed by atoms with van der Waals surface area (Å²) in [6.07, 6.45) is 0.651.